The van der Waals surface area contributed by atoms with Crippen molar-refractivity contribution in [3.05, 3.63) is 70.5 Å². The zero-order valence-corrected chi connectivity index (χ0v) is 12.1. The molecule has 1 nitrogen and oxygen atoms in total. The van der Waals surface area contributed by atoms with Crippen molar-refractivity contribution < 1.29 is 13.2 Å². The quantitative estimate of drug-likeness (QED) is 0.866. The largest absolute Gasteiger partial charge is 0.310 e. The standard InChI is InChI=1S/C17H18F3N/c1-3-21-17(13-9-12(18)8-7-11(13)2)10-14-15(19)5-4-6-16(14)20/h4-9,17,21H,3,10H2,1-2H3. The van der Waals surface area contributed by atoms with Gasteiger partial charge in [0, 0.05) is 11.6 Å². The first kappa shape index (κ1) is 15.6. The van der Waals surface area contributed by atoms with Crippen molar-refractivity contribution in [1.29, 1.82) is 0 Å². The second-order valence-electron chi connectivity index (χ2n) is 5.02. The predicted molar refractivity (Wildman–Crippen MR) is 77.6 cm³/mol. The van der Waals surface area contributed by atoms with Gasteiger partial charge in [-0.3, -0.25) is 0 Å². The Labute approximate surface area is 122 Å². The molecule has 112 valence electrons. The molecule has 0 amide bonds. The highest BCUT2D eigenvalue weighted by atomic mass is 19.1. The minimum atomic E-state index is -0.577. The van der Waals surface area contributed by atoms with E-state index in [1.54, 1.807) is 6.07 Å². The number of hydrogen-bond acceptors (Lipinski definition) is 1. The molecular formula is C17H18F3N. The molecule has 0 aliphatic rings. The number of likely N-dealkylation sites (N-methyl/N-ethyl adjacent to an activating group) is 1. The molecule has 1 N–H and O–H groups in total. The minimum absolute atomic E-state index is 0.0205. The molecule has 0 heterocycles. The third kappa shape index (κ3) is 3.64. The molecule has 2 aromatic carbocycles. The molecule has 21 heavy (non-hydrogen) atoms. The van der Waals surface area contributed by atoms with Gasteiger partial charge in [-0.2, -0.15) is 0 Å². The summed E-state index contributed by atoms with van der Waals surface area (Å²) in [6.45, 7) is 4.38. The lowest BCUT2D eigenvalue weighted by Crippen LogP contribution is -2.24. The molecule has 1 atom stereocenters. The number of nitrogens with one attached hydrogen (secondary N) is 1. The maximum Gasteiger partial charge on any atom is 0.129 e. The zero-order chi connectivity index (χ0) is 15.4. The first-order valence-electron chi connectivity index (χ1n) is 6.95. The van der Waals surface area contributed by atoms with Gasteiger partial charge in [0.1, 0.15) is 17.5 Å². The smallest absolute Gasteiger partial charge is 0.129 e. The highest BCUT2D eigenvalue weighted by Gasteiger charge is 2.18. The molecule has 0 aromatic heterocycles. The fourth-order valence-electron chi connectivity index (χ4n) is 2.46. The molecule has 0 aliphatic carbocycles. The van der Waals surface area contributed by atoms with Crippen molar-refractivity contribution in [1.82, 2.24) is 5.32 Å². The number of rotatable bonds is 5. The second kappa shape index (κ2) is 6.76. The Bertz CT molecular complexity index is 605. The van der Waals surface area contributed by atoms with Crippen LogP contribution in [0.5, 0.6) is 0 Å². The molecule has 0 aliphatic heterocycles. The van der Waals surface area contributed by atoms with E-state index in [9.17, 15) is 13.2 Å². The summed E-state index contributed by atoms with van der Waals surface area (Å²) in [5, 5.41) is 3.17. The summed E-state index contributed by atoms with van der Waals surface area (Å²) in [6.07, 6.45) is 0.136. The van der Waals surface area contributed by atoms with Crippen LogP contribution < -0.4 is 5.32 Å². The third-order valence-electron chi connectivity index (χ3n) is 3.54. The van der Waals surface area contributed by atoms with Crippen molar-refractivity contribution >= 4 is 0 Å². The molecule has 0 bridgehead atoms. The zero-order valence-electron chi connectivity index (χ0n) is 12.1. The van der Waals surface area contributed by atoms with Crippen LogP contribution in [-0.4, -0.2) is 6.54 Å². The average molecular weight is 293 g/mol. The van der Waals surface area contributed by atoms with E-state index in [4.69, 9.17) is 0 Å². The Morgan fingerprint density at radius 1 is 1.05 bits per heavy atom. The normalized spacial score (nSPS) is 12.4. The first-order chi connectivity index (χ1) is 10.0. The number of aryl methyl sites for hydroxylation is 1. The topological polar surface area (TPSA) is 12.0 Å². The molecule has 0 fully saturated rings. The second-order valence-corrected chi connectivity index (χ2v) is 5.02. The Morgan fingerprint density at radius 2 is 1.71 bits per heavy atom. The van der Waals surface area contributed by atoms with Gasteiger partial charge in [-0.25, -0.2) is 13.2 Å². The van der Waals surface area contributed by atoms with Crippen LogP contribution in [0.15, 0.2) is 36.4 Å². The lowest BCUT2D eigenvalue weighted by atomic mass is 9.94. The lowest BCUT2D eigenvalue weighted by Gasteiger charge is -2.21. The molecule has 1 unspecified atom stereocenters. The number of halogens is 3. The van der Waals surface area contributed by atoms with Crippen molar-refractivity contribution in [3.8, 4) is 0 Å². The van der Waals surface area contributed by atoms with E-state index in [1.165, 1.54) is 30.3 Å². The van der Waals surface area contributed by atoms with Crippen LogP contribution in [0, 0.1) is 24.4 Å². The van der Waals surface area contributed by atoms with Gasteiger partial charge < -0.3 is 5.32 Å². The Hall–Kier alpha value is -1.81. The molecule has 0 saturated heterocycles. The van der Waals surface area contributed by atoms with E-state index in [0.717, 1.165) is 11.1 Å². The Balaban J connectivity index is 2.38. The summed E-state index contributed by atoms with van der Waals surface area (Å²) in [6, 6.07) is 7.94. The van der Waals surface area contributed by atoms with Gasteiger partial charge in [0.2, 0.25) is 0 Å². The molecule has 4 heteroatoms. The number of hydrogen-bond donors (Lipinski definition) is 1. The monoisotopic (exact) mass is 293 g/mol. The van der Waals surface area contributed by atoms with E-state index >= 15 is 0 Å². The molecule has 2 aromatic rings. The maximum absolute atomic E-state index is 13.8. The van der Waals surface area contributed by atoms with Crippen LogP contribution in [0.3, 0.4) is 0 Å². The molecule has 0 radical (unpaired) electrons. The van der Waals surface area contributed by atoms with E-state index in [2.05, 4.69) is 5.32 Å². The van der Waals surface area contributed by atoms with Crippen molar-refractivity contribution in [2.45, 2.75) is 26.3 Å². The Morgan fingerprint density at radius 3 is 2.33 bits per heavy atom. The van der Waals surface area contributed by atoms with Gasteiger partial charge in [0.15, 0.2) is 0 Å². The van der Waals surface area contributed by atoms with Crippen molar-refractivity contribution in [2.75, 3.05) is 6.54 Å². The SMILES string of the molecule is CCNC(Cc1c(F)cccc1F)c1cc(F)ccc1C. The van der Waals surface area contributed by atoms with Gasteiger partial charge in [0.25, 0.3) is 0 Å². The third-order valence-corrected chi connectivity index (χ3v) is 3.54. The average Bonchev–Trinajstić information content (AvgIpc) is 2.44. The van der Waals surface area contributed by atoms with Gasteiger partial charge in [-0.15, -0.1) is 0 Å². The lowest BCUT2D eigenvalue weighted by molar-refractivity contribution is 0.496. The molecular weight excluding hydrogens is 275 g/mol. The van der Waals surface area contributed by atoms with Crippen LogP contribution in [0.25, 0.3) is 0 Å². The highest BCUT2D eigenvalue weighted by Crippen LogP contribution is 2.25. The molecule has 2 rings (SSSR count). The summed E-state index contributed by atoms with van der Waals surface area (Å²) in [5.74, 6) is -1.51. The van der Waals surface area contributed by atoms with Gasteiger partial charge >= 0.3 is 0 Å². The Kier molecular flexibility index (Phi) is 5.02. The van der Waals surface area contributed by atoms with E-state index < -0.39 is 11.6 Å². The van der Waals surface area contributed by atoms with Crippen LogP contribution in [0.2, 0.25) is 0 Å². The number of benzene rings is 2. The predicted octanol–water partition coefficient (Wildman–Crippen LogP) is 4.31. The summed E-state index contributed by atoms with van der Waals surface area (Å²) in [7, 11) is 0. The summed E-state index contributed by atoms with van der Waals surface area (Å²) >= 11 is 0. The fraction of sp³-hybridized carbons (Fsp3) is 0.294. The van der Waals surface area contributed by atoms with E-state index in [1.807, 2.05) is 13.8 Å². The van der Waals surface area contributed by atoms with Crippen LogP contribution >= 0.6 is 0 Å². The van der Waals surface area contributed by atoms with Crippen molar-refractivity contribution in [3.63, 3.8) is 0 Å². The van der Waals surface area contributed by atoms with Gasteiger partial charge in [-0.05, 0) is 55.3 Å². The van der Waals surface area contributed by atoms with Crippen LogP contribution in [-0.2, 0) is 6.42 Å². The maximum atomic E-state index is 13.8. The molecule has 0 spiro atoms. The van der Waals surface area contributed by atoms with Crippen molar-refractivity contribution in [2.24, 2.45) is 0 Å². The summed E-state index contributed by atoms with van der Waals surface area (Å²) in [4.78, 5) is 0. The van der Waals surface area contributed by atoms with E-state index in [-0.39, 0.29) is 23.8 Å². The summed E-state index contributed by atoms with van der Waals surface area (Å²) in [5.41, 5.74) is 1.63. The summed E-state index contributed by atoms with van der Waals surface area (Å²) < 4.78 is 41.1. The van der Waals surface area contributed by atoms with Crippen LogP contribution in [0.4, 0.5) is 13.2 Å². The minimum Gasteiger partial charge on any atom is -0.310 e. The van der Waals surface area contributed by atoms with E-state index in [0.29, 0.717) is 6.54 Å². The van der Waals surface area contributed by atoms with Gasteiger partial charge in [0.05, 0.1) is 0 Å². The van der Waals surface area contributed by atoms with Crippen LogP contribution in [0.1, 0.15) is 29.7 Å². The molecule has 0 saturated carbocycles. The fourth-order valence-corrected chi connectivity index (χ4v) is 2.46. The first-order valence-corrected chi connectivity index (χ1v) is 6.95. The highest BCUT2D eigenvalue weighted by molar-refractivity contribution is 5.32. The van der Waals surface area contributed by atoms with Gasteiger partial charge in [-0.1, -0.05) is 19.1 Å².